The van der Waals surface area contributed by atoms with Crippen molar-refractivity contribution in [2.24, 2.45) is 0 Å². The predicted octanol–water partition coefficient (Wildman–Crippen LogP) is 3.83. The summed E-state index contributed by atoms with van der Waals surface area (Å²) in [6.07, 6.45) is 6.81. The van der Waals surface area contributed by atoms with Gasteiger partial charge in [-0.3, -0.25) is 0 Å². The summed E-state index contributed by atoms with van der Waals surface area (Å²) in [6.45, 7) is 7.63. The maximum absolute atomic E-state index is 5.82. The van der Waals surface area contributed by atoms with E-state index in [1.807, 2.05) is 0 Å². The van der Waals surface area contributed by atoms with Gasteiger partial charge in [-0.1, -0.05) is 0 Å². The molecule has 0 aromatic carbocycles. The number of rotatable bonds is 4. The Morgan fingerprint density at radius 3 is 2.33 bits per heavy atom. The zero-order valence-electron chi connectivity index (χ0n) is 9.50. The van der Waals surface area contributed by atoms with E-state index < -0.39 is 8.32 Å². The van der Waals surface area contributed by atoms with E-state index in [4.69, 9.17) is 4.43 Å². The van der Waals surface area contributed by atoms with Crippen LogP contribution in [-0.2, 0) is 29.1 Å². The molecule has 1 rings (SSSR count). The average Bonchev–Trinajstić information content (AvgIpc) is 2.34. The summed E-state index contributed by atoms with van der Waals surface area (Å²) < 4.78 is 7.42. The van der Waals surface area contributed by atoms with E-state index in [1.54, 1.807) is 28.0 Å². The van der Waals surface area contributed by atoms with E-state index in [0.29, 0.717) is 0 Å². The first kappa shape index (κ1) is 18.5. The van der Waals surface area contributed by atoms with Crippen molar-refractivity contribution in [2.75, 3.05) is 6.61 Å². The first-order chi connectivity index (χ1) is 5.99. The molecule has 0 aromatic rings. The molecule has 1 aliphatic carbocycles. The molecule has 0 fully saturated rings. The molecule has 0 amide bonds. The summed E-state index contributed by atoms with van der Waals surface area (Å²) in [7, 11) is -1.29. The van der Waals surface area contributed by atoms with E-state index in [2.05, 4.69) is 31.8 Å². The van der Waals surface area contributed by atoms with Crippen LogP contribution >= 0.6 is 24.8 Å². The fourth-order valence-electron chi connectivity index (χ4n) is 1.25. The quantitative estimate of drug-likeness (QED) is 0.704. The molecular weight excluding hydrogens is 326 g/mol. The van der Waals surface area contributed by atoms with Crippen molar-refractivity contribution < 1.29 is 29.1 Å². The molecule has 5 heteroatoms. The van der Waals surface area contributed by atoms with Crippen LogP contribution in [0.1, 0.15) is 12.8 Å². The van der Waals surface area contributed by atoms with Crippen molar-refractivity contribution in [3.63, 3.8) is 0 Å². The molecule has 0 unspecified atom stereocenters. The molecule has 0 saturated carbocycles. The Hall–Kier alpha value is 1.12. The van der Waals surface area contributed by atoms with Gasteiger partial charge in [0.15, 0.2) is 0 Å². The summed E-state index contributed by atoms with van der Waals surface area (Å²) in [4.78, 5) is 0. The molecule has 1 aliphatic rings. The van der Waals surface area contributed by atoms with E-state index in [-0.39, 0.29) is 24.8 Å². The zero-order valence-corrected chi connectivity index (χ0v) is 14.6. The minimum Gasteiger partial charge on any atom is -0.147 e. The van der Waals surface area contributed by atoms with Crippen LogP contribution in [-0.4, -0.2) is 14.9 Å². The Kier molecular flexibility index (Phi) is 10.2. The third-order valence-electron chi connectivity index (χ3n) is 1.94. The van der Waals surface area contributed by atoms with Crippen molar-refractivity contribution >= 4 is 33.1 Å². The van der Waals surface area contributed by atoms with Crippen molar-refractivity contribution in [1.29, 1.82) is 0 Å². The summed E-state index contributed by atoms with van der Waals surface area (Å²) >= 11 is 1.57. The van der Waals surface area contributed by atoms with Gasteiger partial charge >= 0.3 is 97.6 Å². The minimum absolute atomic E-state index is 0. The molecule has 0 heterocycles. The smallest absolute Gasteiger partial charge is 0.147 e. The Labute approximate surface area is 122 Å². The monoisotopic (exact) mass is 343 g/mol. The van der Waals surface area contributed by atoms with Gasteiger partial charge in [0.05, 0.1) is 0 Å². The molecule has 0 N–H and O–H groups in total. The third kappa shape index (κ3) is 7.93. The van der Waals surface area contributed by atoms with Crippen LogP contribution in [0.15, 0.2) is 21.0 Å². The van der Waals surface area contributed by atoms with Crippen LogP contribution in [0.5, 0.6) is 0 Å². The number of hydrogen-bond donors (Lipinski definition) is 0. The van der Waals surface area contributed by atoms with Gasteiger partial charge in [-0.05, 0) is 0 Å². The summed E-state index contributed by atoms with van der Waals surface area (Å²) in [5, 5.41) is 0. The zero-order chi connectivity index (χ0) is 9.90. The van der Waals surface area contributed by atoms with Gasteiger partial charge in [0.2, 0.25) is 0 Å². The van der Waals surface area contributed by atoms with Crippen molar-refractivity contribution in [2.45, 2.75) is 32.5 Å². The second kappa shape index (κ2) is 8.25. The Morgan fingerprint density at radius 1 is 1.33 bits per heavy atom. The second-order valence-electron chi connectivity index (χ2n) is 4.32. The molecule has 1 nitrogen and oxygen atoms in total. The summed E-state index contributed by atoms with van der Waals surface area (Å²) in [5.41, 5.74) is 1.52. The number of halogens is 2. The van der Waals surface area contributed by atoms with Crippen molar-refractivity contribution in [3.8, 4) is 0 Å². The van der Waals surface area contributed by atoms with E-state index in [1.165, 1.54) is 12.0 Å². The van der Waals surface area contributed by atoms with Gasteiger partial charge in [-0.15, -0.1) is 24.8 Å². The Morgan fingerprint density at radius 2 is 1.93 bits per heavy atom. The molecule has 0 atom stereocenters. The molecule has 0 saturated heterocycles. The standard InChI is InChI=1S/C10H17OSi.2ClH.Zr/c1-12(2,3)11-9-8-10-6-4-5-7-10;;;/h4,6H,5,8-9H2,1-3H3;2*1H;. The van der Waals surface area contributed by atoms with Crippen LogP contribution in [0.4, 0.5) is 0 Å². The Balaban J connectivity index is 0. The van der Waals surface area contributed by atoms with Crippen molar-refractivity contribution in [3.05, 3.63) is 21.0 Å². The topological polar surface area (TPSA) is 9.23 Å². The molecule has 0 aromatic heterocycles. The third-order valence-corrected chi connectivity index (χ3v) is 4.30. The Bertz CT molecular complexity index is 246. The van der Waals surface area contributed by atoms with Gasteiger partial charge in [-0.2, -0.15) is 0 Å². The normalized spacial score (nSPS) is 14.8. The maximum Gasteiger partial charge on any atom is -0.147 e. The van der Waals surface area contributed by atoms with Crippen LogP contribution in [0, 0.1) is 0 Å². The molecular formula is C10H19Cl2OSiZr. The van der Waals surface area contributed by atoms with Gasteiger partial charge in [-0.25, -0.2) is 0 Å². The van der Waals surface area contributed by atoms with Crippen molar-refractivity contribution in [1.82, 2.24) is 0 Å². The summed E-state index contributed by atoms with van der Waals surface area (Å²) in [5.74, 6) is 0. The number of allylic oxidation sites excluding steroid dienone is 3. The SMILES string of the molecule is C[Si](C)(C)OCCC1=[C]([Zr])CC=C1.Cl.Cl. The number of hydrogen-bond acceptors (Lipinski definition) is 1. The summed E-state index contributed by atoms with van der Waals surface area (Å²) in [6, 6.07) is 0. The van der Waals surface area contributed by atoms with Gasteiger partial charge in [0.25, 0.3) is 0 Å². The van der Waals surface area contributed by atoms with Gasteiger partial charge in [0.1, 0.15) is 0 Å². The molecule has 0 aliphatic heterocycles. The van der Waals surface area contributed by atoms with E-state index in [9.17, 15) is 0 Å². The largest absolute Gasteiger partial charge is 0.147 e. The average molecular weight is 345 g/mol. The van der Waals surface area contributed by atoms with E-state index >= 15 is 0 Å². The predicted molar refractivity (Wildman–Crippen MR) is 69.2 cm³/mol. The maximum atomic E-state index is 5.82. The van der Waals surface area contributed by atoms with Gasteiger partial charge < -0.3 is 0 Å². The fourth-order valence-corrected chi connectivity index (χ4v) is 2.77. The van der Waals surface area contributed by atoms with Crippen LogP contribution in [0.2, 0.25) is 19.6 Å². The van der Waals surface area contributed by atoms with Gasteiger partial charge in [0, 0.05) is 0 Å². The molecule has 0 radical (unpaired) electrons. The first-order valence-corrected chi connectivity index (χ1v) is 9.37. The molecule has 0 spiro atoms. The fraction of sp³-hybridized carbons (Fsp3) is 0.600. The first-order valence-electron chi connectivity index (χ1n) is 4.73. The van der Waals surface area contributed by atoms with Crippen LogP contribution < -0.4 is 0 Å². The van der Waals surface area contributed by atoms with E-state index in [0.717, 1.165) is 13.0 Å². The molecule has 15 heavy (non-hydrogen) atoms. The second-order valence-corrected chi connectivity index (χ2v) is 10.3. The molecule has 0 bridgehead atoms. The van der Waals surface area contributed by atoms with Crippen LogP contribution in [0.3, 0.4) is 0 Å². The minimum atomic E-state index is -1.29. The van der Waals surface area contributed by atoms with Crippen LogP contribution in [0.25, 0.3) is 0 Å². The molecule has 87 valence electrons.